The Kier molecular flexibility index (Phi) is 2.71. The van der Waals surface area contributed by atoms with Crippen LogP contribution in [0.4, 0.5) is 0 Å². The number of primary amides is 1. The predicted molar refractivity (Wildman–Crippen MR) is 52.0 cm³/mol. The van der Waals surface area contributed by atoms with Crippen LogP contribution in [0.5, 0.6) is 0 Å². The van der Waals surface area contributed by atoms with Gasteiger partial charge in [0, 0.05) is 5.56 Å². The van der Waals surface area contributed by atoms with Crippen molar-refractivity contribution in [3.63, 3.8) is 0 Å². The molecule has 0 fully saturated rings. The second-order valence-electron chi connectivity index (χ2n) is 2.86. The van der Waals surface area contributed by atoms with E-state index in [0.717, 1.165) is 11.1 Å². The van der Waals surface area contributed by atoms with Gasteiger partial charge in [0.1, 0.15) is 0 Å². The van der Waals surface area contributed by atoms with Crippen LogP contribution < -0.4 is 5.73 Å². The van der Waals surface area contributed by atoms with Gasteiger partial charge < -0.3 is 5.73 Å². The zero-order valence-electron chi connectivity index (χ0n) is 7.45. The highest BCUT2D eigenvalue weighted by Crippen LogP contribution is 2.18. The molecule has 0 heterocycles. The van der Waals surface area contributed by atoms with Crippen molar-refractivity contribution < 1.29 is 4.79 Å². The van der Waals surface area contributed by atoms with Gasteiger partial charge in [-0.3, -0.25) is 4.79 Å². The highest BCUT2D eigenvalue weighted by Gasteiger charge is 2.13. The average Bonchev–Trinajstić information content (AvgIpc) is 2.16. The van der Waals surface area contributed by atoms with Crippen molar-refractivity contribution in [1.29, 1.82) is 0 Å². The van der Waals surface area contributed by atoms with Crippen molar-refractivity contribution in [3.05, 3.63) is 35.4 Å². The molecule has 0 aliphatic rings. The molecular weight excluding hydrogens is 162 g/mol. The molecule has 0 unspecified atom stereocenters. The van der Waals surface area contributed by atoms with Crippen LogP contribution in [0.1, 0.15) is 24.0 Å². The number of carbonyl (C=O) groups excluding carboxylic acids is 1. The van der Waals surface area contributed by atoms with Crippen LogP contribution >= 0.6 is 0 Å². The zero-order valence-corrected chi connectivity index (χ0v) is 7.45. The Morgan fingerprint density at radius 2 is 2.15 bits per heavy atom. The number of rotatable bonds is 2. The van der Waals surface area contributed by atoms with Crippen molar-refractivity contribution in [1.82, 2.24) is 0 Å². The second kappa shape index (κ2) is 3.77. The zero-order chi connectivity index (χ0) is 9.84. The maximum atomic E-state index is 10.9. The standard InChI is InChI=1S/C11H11NO/c1-3-9-6-4-5-7-10(9)8(2)11(12)13/h1,4-8H,2H3,(H2,12,13)/t8-/m0/s1. The SMILES string of the molecule is C#Cc1ccccc1[C@H](C)C(N)=O. The molecule has 0 aromatic heterocycles. The third-order valence-electron chi connectivity index (χ3n) is 2.01. The normalized spacial score (nSPS) is 11.7. The fourth-order valence-corrected chi connectivity index (χ4v) is 1.16. The largest absolute Gasteiger partial charge is 0.369 e. The van der Waals surface area contributed by atoms with Gasteiger partial charge in [0.25, 0.3) is 0 Å². The fourth-order valence-electron chi connectivity index (χ4n) is 1.16. The molecule has 0 aliphatic carbocycles. The molecule has 0 bridgehead atoms. The quantitative estimate of drug-likeness (QED) is 0.672. The molecule has 1 rings (SSSR count). The van der Waals surface area contributed by atoms with Crippen LogP contribution in [0.3, 0.4) is 0 Å². The van der Waals surface area contributed by atoms with E-state index in [2.05, 4.69) is 5.92 Å². The molecule has 0 aliphatic heterocycles. The highest BCUT2D eigenvalue weighted by molar-refractivity contribution is 5.82. The average molecular weight is 173 g/mol. The first kappa shape index (κ1) is 9.34. The van der Waals surface area contributed by atoms with Crippen molar-refractivity contribution in [3.8, 4) is 12.3 Å². The summed E-state index contributed by atoms with van der Waals surface area (Å²) in [6, 6.07) is 7.31. The number of benzene rings is 1. The first-order valence-corrected chi connectivity index (χ1v) is 4.01. The van der Waals surface area contributed by atoms with Crippen molar-refractivity contribution in [2.75, 3.05) is 0 Å². The molecule has 0 spiro atoms. The summed E-state index contributed by atoms with van der Waals surface area (Å²) in [5.41, 5.74) is 6.73. The van der Waals surface area contributed by atoms with E-state index in [0.29, 0.717) is 0 Å². The van der Waals surface area contributed by atoms with Crippen LogP contribution in [0.2, 0.25) is 0 Å². The van der Waals surface area contributed by atoms with Crippen LogP contribution in [0, 0.1) is 12.3 Å². The van der Waals surface area contributed by atoms with Gasteiger partial charge in [-0.15, -0.1) is 6.42 Å². The van der Waals surface area contributed by atoms with Crippen molar-refractivity contribution in [2.45, 2.75) is 12.8 Å². The summed E-state index contributed by atoms with van der Waals surface area (Å²) >= 11 is 0. The Labute approximate surface area is 77.8 Å². The Bertz CT molecular complexity index is 363. The van der Waals surface area contributed by atoms with Crippen LogP contribution in [-0.4, -0.2) is 5.91 Å². The molecule has 13 heavy (non-hydrogen) atoms. The minimum atomic E-state index is -0.359. The number of terminal acetylenes is 1. The summed E-state index contributed by atoms with van der Waals surface area (Å²) in [4.78, 5) is 10.9. The third kappa shape index (κ3) is 1.88. The van der Waals surface area contributed by atoms with E-state index in [1.165, 1.54) is 0 Å². The number of hydrogen-bond donors (Lipinski definition) is 1. The molecule has 1 aromatic carbocycles. The van der Waals surface area contributed by atoms with Crippen LogP contribution in [0.15, 0.2) is 24.3 Å². The summed E-state index contributed by atoms with van der Waals surface area (Å²) < 4.78 is 0. The number of amides is 1. The van der Waals surface area contributed by atoms with E-state index in [1.54, 1.807) is 13.0 Å². The van der Waals surface area contributed by atoms with E-state index >= 15 is 0 Å². The van der Waals surface area contributed by atoms with Gasteiger partial charge in [-0.25, -0.2) is 0 Å². The smallest absolute Gasteiger partial charge is 0.224 e. The van der Waals surface area contributed by atoms with Crippen LogP contribution in [-0.2, 0) is 4.79 Å². The lowest BCUT2D eigenvalue weighted by Crippen LogP contribution is -2.19. The highest BCUT2D eigenvalue weighted by atomic mass is 16.1. The lowest BCUT2D eigenvalue weighted by atomic mass is 9.96. The Morgan fingerprint density at radius 3 is 2.69 bits per heavy atom. The number of carbonyl (C=O) groups is 1. The van der Waals surface area contributed by atoms with Gasteiger partial charge in [-0.2, -0.15) is 0 Å². The fraction of sp³-hybridized carbons (Fsp3) is 0.182. The first-order valence-electron chi connectivity index (χ1n) is 4.01. The predicted octanol–water partition coefficient (Wildman–Crippen LogP) is 1.26. The minimum absolute atomic E-state index is 0.327. The van der Waals surface area contributed by atoms with Crippen molar-refractivity contribution >= 4 is 5.91 Å². The van der Waals surface area contributed by atoms with Gasteiger partial charge >= 0.3 is 0 Å². The topological polar surface area (TPSA) is 43.1 Å². The van der Waals surface area contributed by atoms with Gasteiger partial charge in [-0.05, 0) is 18.6 Å². The molecule has 0 saturated heterocycles. The molecule has 1 atom stereocenters. The Morgan fingerprint density at radius 1 is 1.54 bits per heavy atom. The maximum absolute atomic E-state index is 10.9. The molecule has 0 saturated carbocycles. The summed E-state index contributed by atoms with van der Waals surface area (Å²) in [6.45, 7) is 1.75. The lowest BCUT2D eigenvalue weighted by Gasteiger charge is -2.09. The first-order chi connectivity index (χ1) is 6.16. The number of nitrogens with two attached hydrogens (primary N) is 1. The third-order valence-corrected chi connectivity index (χ3v) is 2.01. The van der Waals surface area contributed by atoms with E-state index in [4.69, 9.17) is 12.2 Å². The summed E-state index contributed by atoms with van der Waals surface area (Å²) in [5.74, 6) is 1.84. The van der Waals surface area contributed by atoms with Gasteiger partial charge in [0.15, 0.2) is 0 Å². The Balaban J connectivity index is 3.15. The molecule has 2 heteroatoms. The van der Waals surface area contributed by atoms with Crippen molar-refractivity contribution in [2.24, 2.45) is 5.73 Å². The maximum Gasteiger partial charge on any atom is 0.224 e. The minimum Gasteiger partial charge on any atom is -0.369 e. The molecule has 1 amide bonds. The van der Waals surface area contributed by atoms with E-state index in [-0.39, 0.29) is 11.8 Å². The van der Waals surface area contributed by atoms with Gasteiger partial charge in [0.2, 0.25) is 5.91 Å². The van der Waals surface area contributed by atoms with Gasteiger partial charge in [-0.1, -0.05) is 24.1 Å². The second-order valence-corrected chi connectivity index (χ2v) is 2.86. The summed E-state index contributed by atoms with van der Waals surface area (Å²) in [7, 11) is 0. The van der Waals surface area contributed by atoms with E-state index < -0.39 is 0 Å². The Hall–Kier alpha value is -1.75. The summed E-state index contributed by atoms with van der Waals surface area (Å²) in [5, 5.41) is 0. The molecule has 2 nitrogen and oxygen atoms in total. The van der Waals surface area contributed by atoms with E-state index in [1.807, 2.05) is 18.2 Å². The summed E-state index contributed by atoms with van der Waals surface area (Å²) in [6.07, 6.45) is 5.29. The van der Waals surface area contributed by atoms with E-state index in [9.17, 15) is 4.79 Å². The molecule has 0 radical (unpaired) electrons. The lowest BCUT2D eigenvalue weighted by molar-refractivity contribution is -0.119. The van der Waals surface area contributed by atoms with Gasteiger partial charge in [0.05, 0.1) is 5.92 Å². The molecule has 2 N–H and O–H groups in total. The van der Waals surface area contributed by atoms with Crippen LogP contribution in [0.25, 0.3) is 0 Å². The molecule has 1 aromatic rings. The number of hydrogen-bond acceptors (Lipinski definition) is 1. The molecule has 66 valence electrons. The molecular formula is C11H11NO. The monoisotopic (exact) mass is 173 g/mol.